The van der Waals surface area contributed by atoms with Gasteiger partial charge in [0.05, 0.1) is 30.0 Å². The minimum Gasteiger partial charge on any atom is -0.456 e. The van der Waals surface area contributed by atoms with Crippen LogP contribution in [0.15, 0.2) is 72.0 Å². The third kappa shape index (κ3) is 4.76. The first-order valence-corrected chi connectivity index (χ1v) is 12.0. The molecule has 2 heterocycles. The first kappa shape index (κ1) is 25.5. The smallest absolute Gasteiger partial charge is 0.295 e. The lowest BCUT2D eigenvalue weighted by Crippen LogP contribution is -2.36. The van der Waals surface area contributed by atoms with Crippen LogP contribution in [0.25, 0.3) is 33.3 Å². The maximum atomic E-state index is 15.5. The van der Waals surface area contributed by atoms with Crippen LogP contribution in [-0.4, -0.2) is 58.4 Å². The van der Waals surface area contributed by atoms with E-state index in [1.165, 1.54) is 0 Å². The molecular formula is C28H26F2N4O4. The molecule has 4 aromatic rings. The molecule has 1 aromatic heterocycles. The Morgan fingerprint density at radius 1 is 1.16 bits per heavy atom. The van der Waals surface area contributed by atoms with Crippen molar-refractivity contribution in [2.75, 3.05) is 18.2 Å². The second-order valence-electron chi connectivity index (χ2n) is 8.78. The summed E-state index contributed by atoms with van der Waals surface area (Å²) in [6.45, 7) is 5.12. The molecule has 1 aliphatic heterocycles. The van der Waals surface area contributed by atoms with Crippen molar-refractivity contribution in [1.82, 2.24) is 9.97 Å². The molecule has 0 bridgehead atoms. The summed E-state index contributed by atoms with van der Waals surface area (Å²) in [6.07, 6.45) is 0.995. The number of rotatable bonds is 8. The van der Waals surface area contributed by atoms with Crippen LogP contribution < -0.4 is 9.75 Å². The summed E-state index contributed by atoms with van der Waals surface area (Å²) in [7, 11) is 0. The molecule has 3 N–H and O–H groups in total. The van der Waals surface area contributed by atoms with Gasteiger partial charge in [0.2, 0.25) is 0 Å². The van der Waals surface area contributed by atoms with Gasteiger partial charge in [0, 0.05) is 19.0 Å². The number of aliphatic hydroxyl groups excluding tert-OH is 2. The van der Waals surface area contributed by atoms with Gasteiger partial charge in [-0.1, -0.05) is 42.5 Å². The molecule has 196 valence electrons. The normalized spacial score (nSPS) is 19.3. The summed E-state index contributed by atoms with van der Waals surface area (Å²) in [4.78, 5) is 6.86. The molecule has 0 spiro atoms. The zero-order chi connectivity index (χ0) is 26.8. The summed E-state index contributed by atoms with van der Waals surface area (Å²) in [5.74, 6) is -1.59. The van der Waals surface area contributed by atoms with Crippen molar-refractivity contribution in [2.45, 2.75) is 25.2 Å². The minimum absolute atomic E-state index is 0.0276. The number of hydrogen-bond donors (Lipinski definition) is 3. The van der Waals surface area contributed by atoms with Gasteiger partial charge in [-0.05, 0) is 35.7 Å². The summed E-state index contributed by atoms with van der Waals surface area (Å²) in [6, 6.07) is 15.6. The average Bonchev–Trinajstić information content (AvgIpc) is 3.50. The molecule has 0 saturated carbocycles. The van der Waals surface area contributed by atoms with Crippen molar-refractivity contribution >= 4 is 23.4 Å². The number of allylic oxidation sites excluding steroid dienone is 1. The summed E-state index contributed by atoms with van der Waals surface area (Å²) >= 11 is 0. The monoisotopic (exact) mass is 520 g/mol. The second kappa shape index (κ2) is 10.7. The van der Waals surface area contributed by atoms with Gasteiger partial charge in [0.1, 0.15) is 23.5 Å². The molecule has 1 fully saturated rings. The molecule has 38 heavy (non-hydrogen) atoms. The highest BCUT2D eigenvalue weighted by Crippen LogP contribution is 2.34. The van der Waals surface area contributed by atoms with E-state index in [2.05, 4.69) is 21.8 Å². The first-order chi connectivity index (χ1) is 18.4. The number of fused-ring (bicyclic) bond motifs is 1. The summed E-state index contributed by atoms with van der Waals surface area (Å²) in [5.41, 5.74) is 2.82. The molecule has 10 heteroatoms. The van der Waals surface area contributed by atoms with Crippen LogP contribution in [0.3, 0.4) is 0 Å². The Kier molecular flexibility index (Phi) is 7.19. The minimum atomic E-state index is -1.08. The van der Waals surface area contributed by atoms with E-state index in [4.69, 9.17) is 9.47 Å². The molecule has 0 aliphatic carbocycles. The van der Waals surface area contributed by atoms with E-state index in [0.717, 1.165) is 22.9 Å². The summed E-state index contributed by atoms with van der Waals surface area (Å²) in [5, 5.41) is 25.0. The highest BCUT2D eigenvalue weighted by atomic mass is 19.1. The molecule has 0 radical (unpaired) electrons. The number of halogens is 2. The molecule has 5 rings (SSSR count). The number of aromatic amines is 1. The van der Waals surface area contributed by atoms with Crippen molar-refractivity contribution in [3.8, 4) is 28.3 Å². The maximum absolute atomic E-state index is 15.5. The Balaban J connectivity index is 1.39. The molecule has 1 saturated heterocycles. The lowest BCUT2D eigenvalue weighted by Gasteiger charge is -2.15. The van der Waals surface area contributed by atoms with Crippen molar-refractivity contribution in [1.29, 1.82) is 0 Å². The quantitative estimate of drug-likeness (QED) is 0.231. The van der Waals surface area contributed by atoms with Crippen LogP contribution in [0.5, 0.6) is 6.01 Å². The van der Waals surface area contributed by atoms with Gasteiger partial charge >= 0.3 is 0 Å². The predicted octanol–water partition coefficient (Wildman–Crippen LogP) is 4.63. The Labute approximate surface area is 217 Å². The Hall–Kier alpha value is -4.12. The topological polar surface area (TPSA) is 103 Å². The fraction of sp³-hybridized carbons (Fsp3) is 0.214. The van der Waals surface area contributed by atoms with Crippen LogP contribution in [0, 0.1) is 11.6 Å². The number of aliphatic hydroxyl groups is 2. The van der Waals surface area contributed by atoms with Gasteiger partial charge in [-0.3, -0.25) is 0 Å². The number of aromatic nitrogens is 2. The van der Waals surface area contributed by atoms with Gasteiger partial charge in [0.25, 0.3) is 6.01 Å². The summed E-state index contributed by atoms with van der Waals surface area (Å²) < 4.78 is 41.4. The van der Waals surface area contributed by atoms with Crippen molar-refractivity contribution < 1.29 is 28.5 Å². The number of benzene rings is 3. The molecule has 3 aromatic carbocycles. The van der Waals surface area contributed by atoms with Crippen LogP contribution >= 0.6 is 0 Å². The molecule has 0 unspecified atom stereocenters. The van der Waals surface area contributed by atoms with E-state index in [1.807, 2.05) is 37.3 Å². The van der Waals surface area contributed by atoms with E-state index in [9.17, 15) is 10.2 Å². The van der Waals surface area contributed by atoms with Gasteiger partial charge in [-0.25, -0.2) is 13.8 Å². The first-order valence-electron chi connectivity index (χ1n) is 12.0. The number of hydrogen-bond acceptors (Lipinski definition) is 7. The van der Waals surface area contributed by atoms with Crippen LogP contribution in [0.2, 0.25) is 0 Å². The van der Waals surface area contributed by atoms with Gasteiger partial charge < -0.3 is 24.7 Å². The van der Waals surface area contributed by atoms with Gasteiger partial charge in [-0.2, -0.15) is 10.1 Å². The fourth-order valence-electron chi connectivity index (χ4n) is 4.43. The number of imidazole rings is 1. The van der Waals surface area contributed by atoms with E-state index in [1.54, 1.807) is 35.5 Å². The number of nitrogens with one attached hydrogen (secondary N) is 1. The van der Waals surface area contributed by atoms with Crippen molar-refractivity contribution in [3.05, 3.63) is 78.5 Å². The van der Waals surface area contributed by atoms with Crippen LogP contribution in [0.4, 0.5) is 14.5 Å². The van der Waals surface area contributed by atoms with E-state index in [-0.39, 0.29) is 35.8 Å². The Morgan fingerprint density at radius 3 is 2.42 bits per heavy atom. The van der Waals surface area contributed by atoms with Crippen LogP contribution in [0.1, 0.15) is 6.92 Å². The van der Waals surface area contributed by atoms with Crippen molar-refractivity contribution in [3.63, 3.8) is 0 Å². The maximum Gasteiger partial charge on any atom is 0.295 e. The lowest BCUT2D eigenvalue weighted by atomic mass is 9.99. The molecular weight excluding hydrogens is 494 g/mol. The van der Waals surface area contributed by atoms with Crippen molar-refractivity contribution in [2.24, 2.45) is 5.10 Å². The Morgan fingerprint density at radius 2 is 1.82 bits per heavy atom. The lowest BCUT2D eigenvalue weighted by molar-refractivity contribution is -0.00390. The highest BCUT2D eigenvalue weighted by Gasteiger charge is 2.37. The van der Waals surface area contributed by atoms with E-state index < -0.39 is 29.9 Å². The molecule has 1 aliphatic rings. The number of ether oxygens (including phenoxy) is 2. The Bertz CT molecular complexity index is 1470. The third-order valence-corrected chi connectivity index (χ3v) is 6.41. The standard InChI is InChI=1S/C28H26F2N4O4/c1-3-12-34(31-2)19-10-8-17(9-11-19)16-4-6-18(7-5-16)24-20(29)13-21-26(25(24)30)33-28(32-21)38-23-15-37-22(14-35)27(23)36/h3-13,22-23,27,35-36H,2,14-15H2,1H3,(H,32,33)/b12-3-/t22-,23-,27-/m1/s1. The van der Waals surface area contributed by atoms with E-state index >= 15 is 8.78 Å². The predicted molar refractivity (Wildman–Crippen MR) is 141 cm³/mol. The highest BCUT2D eigenvalue weighted by molar-refractivity contribution is 5.84. The second-order valence-corrected chi connectivity index (χ2v) is 8.78. The van der Waals surface area contributed by atoms with Gasteiger partial charge in [-0.15, -0.1) is 0 Å². The largest absolute Gasteiger partial charge is 0.456 e. The van der Waals surface area contributed by atoms with Crippen LogP contribution in [-0.2, 0) is 4.74 Å². The fourth-order valence-corrected chi connectivity index (χ4v) is 4.43. The van der Waals surface area contributed by atoms with Gasteiger partial charge in [0.15, 0.2) is 11.9 Å². The van der Waals surface area contributed by atoms with E-state index in [0.29, 0.717) is 5.56 Å². The third-order valence-electron chi connectivity index (χ3n) is 6.41. The zero-order valence-corrected chi connectivity index (χ0v) is 20.5. The number of anilines is 1. The zero-order valence-electron chi connectivity index (χ0n) is 20.5. The molecule has 0 amide bonds. The molecule has 8 nitrogen and oxygen atoms in total. The number of nitrogens with zero attached hydrogens (tertiary/aromatic N) is 3. The SMILES string of the molecule is C=NN(/C=C\C)c1ccc(-c2ccc(-c3c(F)cc4[nH]c(O[C@@H]5CO[C@H](CO)[C@H]5O)nc4c3F)cc2)cc1. The number of hydrazone groups is 1. The number of H-pyrrole nitrogens is 1. The average molecular weight is 521 g/mol. The molecule has 3 atom stereocenters.